The lowest BCUT2D eigenvalue weighted by molar-refractivity contribution is 0.172. The van der Waals surface area contributed by atoms with Gasteiger partial charge in [-0.2, -0.15) is 0 Å². The van der Waals surface area contributed by atoms with Crippen LogP contribution in [0.25, 0.3) is 0 Å². The third kappa shape index (κ3) is 2.79. The highest BCUT2D eigenvalue weighted by Gasteiger charge is 2.12. The molecule has 1 rings (SSSR count). The van der Waals surface area contributed by atoms with Crippen molar-refractivity contribution in [1.29, 1.82) is 0 Å². The Kier molecular flexibility index (Phi) is 3.87. The summed E-state index contributed by atoms with van der Waals surface area (Å²) in [6, 6.07) is 0. The van der Waals surface area contributed by atoms with Crippen molar-refractivity contribution in [3.8, 4) is 11.8 Å². The summed E-state index contributed by atoms with van der Waals surface area (Å²) in [4.78, 5) is 0.859. The first-order valence-corrected chi connectivity index (χ1v) is 4.89. The fourth-order valence-corrected chi connectivity index (χ4v) is 1.67. The molecule has 0 radical (unpaired) electrons. The molecule has 0 aliphatic rings. The molecule has 0 saturated carbocycles. The van der Waals surface area contributed by atoms with Crippen molar-refractivity contribution in [2.45, 2.75) is 32.8 Å². The molecule has 0 aliphatic heterocycles. The van der Waals surface area contributed by atoms with Crippen molar-refractivity contribution < 1.29 is 5.11 Å². The molecule has 0 bridgehead atoms. The summed E-state index contributed by atoms with van der Waals surface area (Å²) in [7, 11) is 0. The minimum Gasteiger partial charge on any atom is -0.387 e. The van der Waals surface area contributed by atoms with Gasteiger partial charge in [-0.15, -0.1) is 16.9 Å². The minimum absolute atomic E-state index is 0.458. The number of hydrogen-bond donors (Lipinski definition) is 1. The van der Waals surface area contributed by atoms with Crippen LogP contribution >= 0.6 is 11.5 Å². The molecule has 0 saturated heterocycles. The summed E-state index contributed by atoms with van der Waals surface area (Å²) in [5.74, 6) is 5.71. The average molecular weight is 196 g/mol. The normalized spacial score (nSPS) is 11.9. The minimum atomic E-state index is -0.458. The lowest BCUT2D eigenvalue weighted by Gasteiger charge is -2.04. The Bertz CT molecular complexity index is 324. The second kappa shape index (κ2) is 4.95. The summed E-state index contributed by atoms with van der Waals surface area (Å²) < 4.78 is 3.77. The predicted molar refractivity (Wildman–Crippen MR) is 52.3 cm³/mol. The van der Waals surface area contributed by atoms with E-state index in [1.807, 2.05) is 6.92 Å². The Morgan fingerprint density at radius 1 is 1.62 bits per heavy atom. The highest BCUT2D eigenvalue weighted by Crippen LogP contribution is 2.23. The SMILES string of the molecule is CC#CCCC(O)c1snnc1C. The summed E-state index contributed by atoms with van der Waals surface area (Å²) in [6.45, 7) is 3.65. The molecular weight excluding hydrogens is 184 g/mol. The summed E-state index contributed by atoms with van der Waals surface area (Å²) >= 11 is 1.26. The zero-order chi connectivity index (χ0) is 9.68. The van der Waals surface area contributed by atoms with E-state index in [-0.39, 0.29) is 0 Å². The van der Waals surface area contributed by atoms with E-state index in [0.29, 0.717) is 6.42 Å². The first-order valence-electron chi connectivity index (χ1n) is 4.12. The first kappa shape index (κ1) is 10.2. The van der Waals surface area contributed by atoms with Crippen molar-refractivity contribution in [2.24, 2.45) is 0 Å². The summed E-state index contributed by atoms with van der Waals surface area (Å²) in [5.41, 5.74) is 0.821. The van der Waals surface area contributed by atoms with E-state index in [2.05, 4.69) is 21.4 Å². The van der Waals surface area contributed by atoms with Crippen LogP contribution in [-0.4, -0.2) is 14.7 Å². The number of aromatic nitrogens is 2. The van der Waals surface area contributed by atoms with Crippen LogP contribution in [-0.2, 0) is 0 Å². The number of aryl methyl sites for hydroxylation is 1. The first-order chi connectivity index (χ1) is 6.25. The van der Waals surface area contributed by atoms with E-state index in [0.717, 1.165) is 17.0 Å². The van der Waals surface area contributed by atoms with Crippen LogP contribution in [0.5, 0.6) is 0 Å². The molecule has 0 aromatic carbocycles. The van der Waals surface area contributed by atoms with Crippen molar-refractivity contribution in [1.82, 2.24) is 9.59 Å². The molecule has 3 nitrogen and oxygen atoms in total. The second-order valence-corrected chi connectivity index (χ2v) is 3.49. The number of hydrogen-bond acceptors (Lipinski definition) is 4. The quantitative estimate of drug-likeness (QED) is 0.748. The van der Waals surface area contributed by atoms with Gasteiger partial charge in [-0.3, -0.25) is 0 Å². The van der Waals surface area contributed by atoms with Crippen LogP contribution in [0.4, 0.5) is 0 Å². The zero-order valence-electron chi connectivity index (χ0n) is 7.74. The molecule has 1 atom stereocenters. The Morgan fingerprint density at radius 2 is 2.38 bits per heavy atom. The van der Waals surface area contributed by atoms with Crippen LogP contribution in [0, 0.1) is 18.8 Å². The Hall–Kier alpha value is -0.920. The molecule has 0 spiro atoms. The maximum absolute atomic E-state index is 9.68. The monoisotopic (exact) mass is 196 g/mol. The van der Waals surface area contributed by atoms with Gasteiger partial charge in [-0.1, -0.05) is 4.49 Å². The van der Waals surface area contributed by atoms with Crippen molar-refractivity contribution in [3.05, 3.63) is 10.6 Å². The third-order valence-corrected chi connectivity index (χ3v) is 2.64. The second-order valence-electron chi connectivity index (χ2n) is 2.70. The molecular formula is C9H12N2OS. The fourth-order valence-electron chi connectivity index (χ4n) is 1.01. The van der Waals surface area contributed by atoms with Crippen LogP contribution in [0.15, 0.2) is 0 Å². The molecule has 1 N–H and O–H groups in total. The molecule has 1 aromatic heterocycles. The van der Waals surface area contributed by atoms with Gasteiger partial charge in [0.05, 0.1) is 16.7 Å². The van der Waals surface area contributed by atoms with Gasteiger partial charge in [0.15, 0.2) is 0 Å². The highest BCUT2D eigenvalue weighted by molar-refractivity contribution is 7.05. The number of rotatable bonds is 3. The number of aliphatic hydroxyl groups excluding tert-OH is 1. The van der Waals surface area contributed by atoms with Crippen LogP contribution in [0.1, 0.15) is 36.4 Å². The largest absolute Gasteiger partial charge is 0.387 e. The molecule has 0 fully saturated rings. The highest BCUT2D eigenvalue weighted by atomic mass is 32.1. The van der Waals surface area contributed by atoms with E-state index < -0.39 is 6.10 Å². The van der Waals surface area contributed by atoms with E-state index in [4.69, 9.17) is 0 Å². The number of nitrogens with zero attached hydrogens (tertiary/aromatic N) is 2. The molecule has 1 unspecified atom stereocenters. The van der Waals surface area contributed by atoms with E-state index >= 15 is 0 Å². The fraction of sp³-hybridized carbons (Fsp3) is 0.556. The third-order valence-electron chi connectivity index (χ3n) is 1.71. The lowest BCUT2D eigenvalue weighted by Crippen LogP contribution is -1.96. The summed E-state index contributed by atoms with van der Waals surface area (Å²) in [5, 5.41) is 13.5. The van der Waals surface area contributed by atoms with Crippen molar-refractivity contribution in [3.63, 3.8) is 0 Å². The molecule has 0 amide bonds. The van der Waals surface area contributed by atoms with Gasteiger partial charge in [0.25, 0.3) is 0 Å². The molecule has 13 heavy (non-hydrogen) atoms. The predicted octanol–water partition coefficient (Wildman–Crippen LogP) is 1.68. The molecule has 0 aliphatic carbocycles. The standard InChI is InChI=1S/C9H12N2OS/c1-3-4-5-6-8(12)9-7(2)10-11-13-9/h8,12H,5-6H2,1-2H3. The Balaban J connectivity index is 2.52. The van der Waals surface area contributed by atoms with Crippen LogP contribution < -0.4 is 0 Å². The van der Waals surface area contributed by atoms with E-state index in [1.54, 1.807) is 6.92 Å². The van der Waals surface area contributed by atoms with Crippen LogP contribution in [0.3, 0.4) is 0 Å². The van der Waals surface area contributed by atoms with Gasteiger partial charge in [0.2, 0.25) is 0 Å². The lowest BCUT2D eigenvalue weighted by atomic mass is 10.1. The zero-order valence-corrected chi connectivity index (χ0v) is 8.56. The average Bonchev–Trinajstić information content (AvgIpc) is 2.52. The Labute approximate surface area is 82.0 Å². The van der Waals surface area contributed by atoms with Gasteiger partial charge in [-0.25, -0.2) is 0 Å². The Morgan fingerprint density at radius 3 is 2.92 bits per heavy atom. The van der Waals surface area contributed by atoms with Gasteiger partial charge in [0.1, 0.15) is 0 Å². The molecule has 4 heteroatoms. The number of aliphatic hydroxyl groups is 1. The smallest absolute Gasteiger partial charge is 0.0926 e. The maximum atomic E-state index is 9.68. The van der Waals surface area contributed by atoms with Crippen molar-refractivity contribution in [2.75, 3.05) is 0 Å². The van der Waals surface area contributed by atoms with Gasteiger partial charge >= 0.3 is 0 Å². The van der Waals surface area contributed by atoms with Gasteiger partial charge in [-0.05, 0) is 31.8 Å². The van der Waals surface area contributed by atoms with Crippen LogP contribution in [0.2, 0.25) is 0 Å². The molecule has 1 aromatic rings. The topological polar surface area (TPSA) is 46.0 Å². The maximum Gasteiger partial charge on any atom is 0.0926 e. The van der Waals surface area contributed by atoms with E-state index in [1.165, 1.54) is 11.5 Å². The van der Waals surface area contributed by atoms with E-state index in [9.17, 15) is 5.11 Å². The van der Waals surface area contributed by atoms with Gasteiger partial charge < -0.3 is 5.11 Å². The van der Waals surface area contributed by atoms with Gasteiger partial charge in [0, 0.05) is 6.42 Å². The summed E-state index contributed by atoms with van der Waals surface area (Å²) in [6.07, 6.45) is 0.918. The van der Waals surface area contributed by atoms with Crippen molar-refractivity contribution >= 4 is 11.5 Å². The molecule has 1 heterocycles. The molecule has 70 valence electrons.